The molecule has 3 nitrogen and oxygen atoms in total. The molecule has 1 rings (SSSR count). The van der Waals surface area contributed by atoms with E-state index in [1.165, 1.54) is 5.56 Å². The molecule has 0 heterocycles. The van der Waals surface area contributed by atoms with E-state index in [2.05, 4.69) is 52.1 Å². The van der Waals surface area contributed by atoms with E-state index >= 15 is 0 Å². The minimum atomic E-state index is -3.04. The largest absolute Gasteiger partial charge is 0.312 e. The fraction of sp³-hybridized carbons (Fsp3) is 0.647. The summed E-state index contributed by atoms with van der Waals surface area (Å²) in [5, 5.41) is 3.18. The molecule has 0 spiro atoms. The van der Waals surface area contributed by atoms with Crippen LogP contribution >= 0.6 is 0 Å². The lowest BCUT2D eigenvalue weighted by atomic mass is 9.95. The van der Waals surface area contributed by atoms with Crippen molar-refractivity contribution in [3.8, 4) is 0 Å². The maximum absolute atomic E-state index is 12.3. The average Bonchev–Trinajstić information content (AvgIpc) is 2.34. The zero-order valence-electron chi connectivity index (χ0n) is 14.2. The van der Waals surface area contributed by atoms with Gasteiger partial charge in [-0.3, -0.25) is 0 Å². The maximum atomic E-state index is 12.3. The zero-order chi connectivity index (χ0) is 16.2. The van der Waals surface area contributed by atoms with Gasteiger partial charge < -0.3 is 5.32 Å². The molecule has 0 radical (unpaired) electrons. The van der Waals surface area contributed by atoms with Crippen LogP contribution in [0.25, 0.3) is 0 Å². The van der Waals surface area contributed by atoms with Gasteiger partial charge in [-0.2, -0.15) is 0 Å². The highest BCUT2D eigenvalue weighted by molar-refractivity contribution is 7.91. The SMILES string of the molecule is CNC(CS(=O)(=O)CCC(C)C)c1c(C)cc(C)cc1C. The predicted octanol–water partition coefficient (Wildman–Crippen LogP) is 3.33. The molecule has 0 saturated carbocycles. The predicted molar refractivity (Wildman–Crippen MR) is 90.6 cm³/mol. The first-order valence-corrected chi connectivity index (χ1v) is 9.44. The molecule has 0 saturated heterocycles. The molecule has 21 heavy (non-hydrogen) atoms. The zero-order valence-corrected chi connectivity index (χ0v) is 15.0. The molecule has 1 atom stereocenters. The first kappa shape index (κ1) is 18.2. The summed E-state index contributed by atoms with van der Waals surface area (Å²) in [6.45, 7) is 10.3. The topological polar surface area (TPSA) is 46.2 Å². The second kappa shape index (κ2) is 7.41. The first-order chi connectivity index (χ1) is 9.66. The summed E-state index contributed by atoms with van der Waals surface area (Å²) in [5.41, 5.74) is 4.65. The number of benzene rings is 1. The molecule has 120 valence electrons. The molecular formula is C17H29NO2S. The van der Waals surface area contributed by atoms with Gasteiger partial charge in [-0.25, -0.2) is 8.42 Å². The Labute approximate surface area is 130 Å². The highest BCUT2D eigenvalue weighted by atomic mass is 32.2. The van der Waals surface area contributed by atoms with Gasteiger partial charge in [-0.15, -0.1) is 0 Å². The second-order valence-electron chi connectivity index (χ2n) is 6.45. The van der Waals surface area contributed by atoms with E-state index in [4.69, 9.17) is 0 Å². The van der Waals surface area contributed by atoms with E-state index in [9.17, 15) is 8.42 Å². The third-order valence-corrected chi connectivity index (χ3v) is 5.56. The second-order valence-corrected chi connectivity index (χ2v) is 8.68. The van der Waals surface area contributed by atoms with Crippen LogP contribution in [0.4, 0.5) is 0 Å². The van der Waals surface area contributed by atoms with E-state index in [0.717, 1.165) is 23.1 Å². The van der Waals surface area contributed by atoms with Gasteiger partial charge in [0.2, 0.25) is 0 Å². The quantitative estimate of drug-likeness (QED) is 0.840. The summed E-state index contributed by atoms with van der Waals surface area (Å²) in [5.74, 6) is 0.851. The van der Waals surface area contributed by atoms with Crippen molar-refractivity contribution in [3.63, 3.8) is 0 Å². The standard InChI is InChI=1S/C17H29NO2S/c1-12(2)7-8-21(19,20)11-16(18-6)17-14(4)9-13(3)10-15(17)5/h9-10,12,16,18H,7-8,11H2,1-6H3. The van der Waals surface area contributed by atoms with E-state index in [0.29, 0.717) is 5.92 Å². The van der Waals surface area contributed by atoms with Crippen molar-refractivity contribution in [1.82, 2.24) is 5.32 Å². The third-order valence-electron chi connectivity index (χ3n) is 3.86. The highest BCUT2D eigenvalue weighted by Gasteiger charge is 2.22. The Morgan fingerprint density at radius 3 is 2.05 bits per heavy atom. The average molecular weight is 311 g/mol. The van der Waals surface area contributed by atoms with E-state index in [1.807, 2.05) is 7.05 Å². The molecule has 0 fully saturated rings. The van der Waals surface area contributed by atoms with E-state index in [-0.39, 0.29) is 17.5 Å². The van der Waals surface area contributed by atoms with Crippen LogP contribution in [-0.4, -0.2) is 27.0 Å². The molecular weight excluding hydrogens is 282 g/mol. The maximum Gasteiger partial charge on any atom is 0.152 e. The third kappa shape index (κ3) is 5.44. The van der Waals surface area contributed by atoms with Crippen LogP contribution in [0.5, 0.6) is 0 Å². The van der Waals surface area contributed by atoms with Crippen molar-refractivity contribution < 1.29 is 8.42 Å². The summed E-state index contributed by atoms with van der Waals surface area (Å²) in [6, 6.07) is 4.10. The molecule has 1 unspecified atom stereocenters. The first-order valence-electron chi connectivity index (χ1n) is 7.61. The van der Waals surface area contributed by atoms with Gasteiger partial charge in [-0.05, 0) is 56.8 Å². The Morgan fingerprint density at radius 2 is 1.62 bits per heavy atom. The fourth-order valence-corrected chi connectivity index (χ4v) is 4.64. The lowest BCUT2D eigenvalue weighted by Gasteiger charge is -2.22. The summed E-state index contributed by atoms with van der Waals surface area (Å²) in [6.07, 6.45) is 0.727. The van der Waals surface area contributed by atoms with Crippen LogP contribution in [0.1, 0.15) is 48.6 Å². The van der Waals surface area contributed by atoms with E-state index in [1.54, 1.807) is 0 Å². The van der Waals surface area contributed by atoms with Gasteiger partial charge in [-0.1, -0.05) is 31.5 Å². The van der Waals surface area contributed by atoms with Crippen LogP contribution < -0.4 is 5.32 Å². The van der Waals surface area contributed by atoms with Crippen LogP contribution in [0.2, 0.25) is 0 Å². The van der Waals surface area contributed by atoms with Crippen LogP contribution in [-0.2, 0) is 9.84 Å². The normalized spacial score (nSPS) is 13.7. The summed E-state index contributed by atoms with van der Waals surface area (Å²) < 4.78 is 24.7. The molecule has 4 heteroatoms. The molecule has 0 amide bonds. The minimum absolute atomic E-state index is 0.136. The molecule has 0 aliphatic heterocycles. The van der Waals surface area contributed by atoms with Crippen molar-refractivity contribution in [1.29, 1.82) is 0 Å². The number of aryl methyl sites for hydroxylation is 3. The Hall–Kier alpha value is -0.870. The van der Waals surface area contributed by atoms with Gasteiger partial charge in [0.1, 0.15) is 0 Å². The number of sulfone groups is 1. The fourth-order valence-electron chi connectivity index (χ4n) is 2.80. The van der Waals surface area contributed by atoms with Crippen LogP contribution in [0.3, 0.4) is 0 Å². The van der Waals surface area contributed by atoms with Crippen LogP contribution in [0.15, 0.2) is 12.1 Å². The summed E-state index contributed by atoms with van der Waals surface area (Å²) in [7, 11) is -1.21. The Balaban J connectivity index is 2.99. The number of rotatable bonds is 7. The summed E-state index contributed by atoms with van der Waals surface area (Å²) in [4.78, 5) is 0. The van der Waals surface area contributed by atoms with Crippen molar-refractivity contribution in [3.05, 3.63) is 34.4 Å². The number of hydrogen-bond donors (Lipinski definition) is 1. The van der Waals surface area contributed by atoms with Gasteiger partial charge in [0.25, 0.3) is 0 Å². The molecule has 0 aliphatic rings. The monoisotopic (exact) mass is 311 g/mol. The van der Waals surface area contributed by atoms with Crippen molar-refractivity contribution in [2.45, 2.75) is 47.1 Å². The Kier molecular flexibility index (Phi) is 6.41. The minimum Gasteiger partial charge on any atom is -0.312 e. The van der Waals surface area contributed by atoms with E-state index < -0.39 is 9.84 Å². The Morgan fingerprint density at radius 1 is 1.10 bits per heavy atom. The number of hydrogen-bond acceptors (Lipinski definition) is 3. The van der Waals surface area contributed by atoms with Gasteiger partial charge >= 0.3 is 0 Å². The Bertz CT molecular complexity index is 553. The lowest BCUT2D eigenvalue weighted by Crippen LogP contribution is -2.28. The molecule has 1 N–H and O–H groups in total. The van der Waals surface area contributed by atoms with Gasteiger partial charge in [0.05, 0.1) is 11.5 Å². The van der Waals surface area contributed by atoms with Crippen molar-refractivity contribution >= 4 is 9.84 Å². The van der Waals surface area contributed by atoms with Crippen LogP contribution in [0, 0.1) is 26.7 Å². The molecule has 1 aromatic rings. The lowest BCUT2D eigenvalue weighted by molar-refractivity contribution is 0.557. The molecule has 0 aliphatic carbocycles. The molecule has 0 bridgehead atoms. The number of nitrogens with one attached hydrogen (secondary N) is 1. The smallest absolute Gasteiger partial charge is 0.152 e. The van der Waals surface area contributed by atoms with Crippen molar-refractivity contribution in [2.24, 2.45) is 5.92 Å². The van der Waals surface area contributed by atoms with Crippen molar-refractivity contribution in [2.75, 3.05) is 18.6 Å². The van der Waals surface area contributed by atoms with Gasteiger partial charge in [0, 0.05) is 6.04 Å². The molecule has 1 aromatic carbocycles. The molecule has 0 aromatic heterocycles. The highest BCUT2D eigenvalue weighted by Crippen LogP contribution is 2.25. The summed E-state index contributed by atoms with van der Waals surface area (Å²) >= 11 is 0. The van der Waals surface area contributed by atoms with Gasteiger partial charge in [0.15, 0.2) is 9.84 Å².